The molecule has 20 heavy (non-hydrogen) atoms. The molecule has 0 bridgehead atoms. The van der Waals surface area contributed by atoms with E-state index in [1.54, 1.807) is 19.2 Å². The lowest BCUT2D eigenvalue weighted by molar-refractivity contribution is 0.0632. The van der Waals surface area contributed by atoms with E-state index < -0.39 is 10.0 Å². The van der Waals surface area contributed by atoms with E-state index >= 15 is 0 Å². The minimum absolute atomic E-state index is 0.00203. The van der Waals surface area contributed by atoms with Crippen molar-refractivity contribution in [2.24, 2.45) is 0 Å². The van der Waals surface area contributed by atoms with Crippen LogP contribution in [-0.2, 0) is 14.8 Å². The van der Waals surface area contributed by atoms with E-state index in [4.69, 9.17) is 4.74 Å². The van der Waals surface area contributed by atoms with Gasteiger partial charge in [-0.15, -0.1) is 0 Å². The zero-order valence-corrected chi connectivity index (χ0v) is 12.7. The molecular formula is C13H21N3O3S. The second-order valence-electron chi connectivity index (χ2n) is 4.77. The molecule has 0 atom stereocenters. The highest BCUT2D eigenvalue weighted by Gasteiger charge is 2.29. The lowest BCUT2D eigenvalue weighted by Gasteiger charge is -2.30. The molecule has 0 amide bonds. The van der Waals surface area contributed by atoms with Gasteiger partial charge in [0.05, 0.1) is 0 Å². The van der Waals surface area contributed by atoms with Crippen molar-refractivity contribution >= 4 is 15.8 Å². The Morgan fingerprint density at radius 2 is 2.10 bits per heavy atom. The van der Waals surface area contributed by atoms with Crippen LogP contribution < -0.4 is 5.32 Å². The molecule has 0 unspecified atom stereocenters. The maximum Gasteiger partial charge on any atom is 0.244 e. The Hall–Kier alpha value is -1.18. The molecule has 1 fully saturated rings. The first-order valence-corrected chi connectivity index (χ1v) is 8.25. The molecule has 1 aliphatic heterocycles. The summed E-state index contributed by atoms with van der Waals surface area (Å²) in [6.45, 7) is 3.94. The monoisotopic (exact) mass is 299 g/mol. The van der Waals surface area contributed by atoms with E-state index in [1.165, 1.54) is 10.5 Å². The van der Waals surface area contributed by atoms with Crippen molar-refractivity contribution in [1.29, 1.82) is 0 Å². The number of aromatic nitrogens is 1. The van der Waals surface area contributed by atoms with Crippen LogP contribution >= 0.6 is 0 Å². The van der Waals surface area contributed by atoms with Crippen LogP contribution in [0.2, 0.25) is 0 Å². The zero-order chi connectivity index (χ0) is 14.6. The maximum atomic E-state index is 12.5. The largest absolute Gasteiger partial charge is 0.381 e. The van der Waals surface area contributed by atoms with E-state index in [1.807, 2.05) is 6.92 Å². The number of nitrogens with zero attached hydrogens (tertiary/aromatic N) is 2. The highest BCUT2D eigenvalue weighted by molar-refractivity contribution is 7.89. The van der Waals surface area contributed by atoms with E-state index in [2.05, 4.69) is 10.3 Å². The number of rotatable bonds is 5. The number of hydrogen-bond donors (Lipinski definition) is 1. The number of pyridine rings is 1. The van der Waals surface area contributed by atoms with Crippen molar-refractivity contribution < 1.29 is 13.2 Å². The Morgan fingerprint density at radius 3 is 2.65 bits per heavy atom. The predicted molar refractivity (Wildman–Crippen MR) is 77.2 cm³/mol. The topological polar surface area (TPSA) is 71.5 Å². The fraction of sp³-hybridized carbons (Fsp3) is 0.615. The average molecular weight is 299 g/mol. The normalized spacial score (nSPS) is 17.4. The fourth-order valence-corrected chi connectivity index (χ4v) is 3.59. The first kappa shape index (κ1) is 15.2. The Labute approximate surface area is 120 Å². The van der Waals surface area contributed by atoms with Gasteiger partial charge in [0.15, 0.2) is 0 Å². The van der Waals surface area contributed by atoms with Crippen molar-refractivity contribution in [2.75, 3.05) is 32.1 Å². The number of sulfonamides is 1. The van der Waals surface area contributed by atoms with Crippen LogP contribution in [0.15, 0.2) is 23.2 Å². The highest BCUT2D eigenvalue weighted by atomic mass is 32.2. The zero-order valence-electron chi connectivity index (χ0n) is 11.9. The van der Waals surface area contributed by atoms with Gasteiger partial charge in [0.1, 0.15) is 10.7 Å². The lowest BCUT2D eigenvalue weighted by atomic mass is 10.1. The summed E-state index contributed by atoms with van der Waals surface area (Å²) in [7, 11) is -1.85. The van der Waals surface area contributed by atoms with E-state index in [9.17, 15) is 8.42 Å². The molecule has 1 saturated heterocycles. The molecule has 1 aromatic heterocycles. The Kier molecular flexibility index (Phi) is 4.95. The Morgan fingerprint density at radius 1 is 1.40 bits per heavy atom. The van der Waals surface area contributed by atoms with E-state index in [0.717, 1.165) is 19.4 Å². The van der Waals surface area contributed by atoms with Gasteiger partial charge in [0.2, 0.25) is 10.0 Å². The molecule has 112 valence electrons. The quantitative estimate of drug-likeness (QED) is 0.887. The molecule has 2 heterocycles. The summed E-state index contributed by atoms with van der Waals surface area (Å²) >= 11 is 0. The minimum atomic E-state index is -3.48. The van der Waals surface area contributed by atoms with Crippen LogP contribution in [0.4, 0.5) is 5.82 Å². The molecule has 0 aromatic carbocycles. The smallest absolute Gasteiger partial charge is 0.244 e. The van der Waals surface area contributed by atoms with Crippen LogP contribution in [-0.4, -0.2) is 50.6 Å². The molecule has 0 spiro atoms. The summed E-state index contributed by atoms with van der Waals surface area (Å²) in [6, 6.07) is 3.28. The summed E-state index contributed by atoms with van der Waals surface area (Å²) in [6.07, 6.45) is 2.88. The van der Waals surface area contributed by atoms with E-state index in [-0.39, 0.29) is 10.9 Å². The van der Waals surface area contributed by atoms with Gasteiger partial charge in [0, 0.05) is 39.0 Å². The van der Waals surface area contributed by atoms with Gasteiger partial charge in [-0.25, -0.2) is 13.4 Å². The number of anilines is 1. The molecule has 0 radical (unpaired) electrons. The molecule has 2 rings (SSSR count). The van der Waals surface area contributed by atoms with Gasteiger partial charge < -0.3 is 10.1 Å². The van der Waals surface area contributed by atoms with Crippen LogP contribution in [0.1, 0.15) is 19.8 Å². The SMILES string of the molecule is CCNc1ccc(S(=O)(=O)N(C)C2CCOCC2)cn1. The second kappa shape index (κ2) is 6.51. The standard InChI is InChI=1S/C13H21N3O3S/c1-3-14-13-5-4-12(10-15-13)20(17,18)16(2)11-6-8-19-9-7-11/h4-5,10-11H,3,6-9H2,1-2H3,(H,14,15). The van der Waals surface area contributed by atoms with Gasteiger partial charge in [0.25, 0.3) is 0 Å². The Bertz CT molecular complexity index is 524. The van der Waals surface area contributed by atoms with Crippen molar-refractivity contribution in [3.8, 4) is 0 Å². The van der Waals surface area contributed by atoms with Gasteiger partial charge in [-0.2, -0.15) is 4.31 Å². The second-order valence-corrected chi connectivity index (χ2v) is 6.77. The molecule has 1 aromatic rings. The summed E-state index contributed by atoms with van der Waals surface area (Å²) in [5.74, 6) is 0.681. The summed E-state index contributed by atoms with van der Waals surface area (Å²) in [4.78, 5) is 4.35. The third kappa shape index (κ3) is 3.28. The summed E-state index contributed by atoms with van der Waals surface area (Å²) in [5, 5.41) is 3.04. The Balaban J connectivity index is 2.15. The van der Waals surface area contributed by atoms with Crippen molar-refractivity contribution in [1.82, 2.24) is 9.29 Å². The van der Waals surface area contributed by atoms with Gasteiger partial charge in [-0.1, -0.05) is 0 Å². The number of nitrogens with one attached hydrogen (secondary N) is 1. The molecule has 0 saturated carbocycles. The molecule has 6 nitrogen and oxygen atoms in total. The molecular weight excluding hydrogens is 278 g/mol. The highest BCUT2D eigenvalue weighted by Crippen LogP contribution is 2.21. The van der Waals surface area contributed by atoms with Gasteiger partial charge in [-0.05, 0) is 31.9 Å². The van der Waals surface area contributed by atoms with Crippen molar-refractivity contribution in [3.63, 3.8) is 0 Å². The first-order chi connectivity index (χ1) is 9.55. The average Bonchev–Trinajstić information content (AvgIpc) is 2.48. The summed E-state index contributed by atoms with van der Waals surface area (Å²) < 4.78 is 31.8. The third-order valence-electron chi connectivity index (χ3n) is 3.48. The fourth-order valence-electron chi connectivity index (χ4n) is 2.23. The van der Waals surface area contributed by atoms with Crippen LogP contribution in [0, 0.1) is 0 Å². The van der Waals surface area contributed by atoms with E-state index in [0.29, 0.717) is 19.0 Å². The van der Waals surface area contributed by atoms with Crippen LogP contribution in [0.25, 0.3) is 0 Å². The van der Waals surface area contributed by atoms with Crippen molar-refractivity contribution in [3.05, 3.63) is 18.3 Å². The number of ether oxygens (including phenoxy) is 1. The lowest BCUT2D eigenvalue weighted by Crippen LogP contribution is -2.40. The molecule has 1 N–H and O–H groups in total. The molecule has 7 heteroatoms. The van der Waals surface area contributed by atoms with Gasteiger partial charge in [-0.3, -0.25) is 0 Å². The molecule has 1 aliphatic rings. The van der Waals surface area contributed by atoms with Crippen molar-refractivity contribution in [2.45, 2.75) is 30.7 Å². The number of hydrogen-bond acceptors (Lipinski definition) is 5. The van der Waals surface area contributed by atoms with Crippen LogP contribution in [0.5, 0.6) is 0 Å². The van der Waals surface area contributed by atoms with Crippen LogP contribution in [0.3, 0.4) is 0 Å². The third-order valence-corrected chi connectivity index (χ3v) is 5.37. The first-order valence-electron chi connectivity index (χ1n) is 6.81. The van der Waals surface area contributed by atoms with Gasteiger partial charge >= 0.3 is 0 Å². The minimum Gasteiger partial charge on any atom is -0.381 e. The summed E-state index contributed by atoms with van der Waals surface area (Å²) in [5.41, 5.74) is 0. The molecule has 0 aliphatic carbocycles. The maximum absolute atomic E-state index is 12.5. The predicted octanol–water partition coefficient (Wildman–Crippen LogP) is 1.31.